The van der Waals surface area contributed by atoms with E-state index in [1.807, 2.05) is 115 Å². The second-order valence-electron chi connectivity index (χ2n) is 13.5. The van der Waals surface area contributed by atoms with E-state index in [1.165, 1.54) is 18.7 Å². The Kier molecular flexibility index (Phi) is 7.92. The first-order chi connectivity index (χ1) is 27.8. The quantitative estimate of drug-likeness (QED) is 0.160. The van der Waals surface area contributed by atoms with Gasteiger partial charge >= 0.3 is 6.18 Å². The van der Waals surface area contributed by atoms with Crippen molar-refractivity contribution < 1.29 is 22.6 Å². The van der Waals surface area contributed by atoms with Crippen LogP contribution in [0.25, 0.3) is 66.6 Å². The smallest absolute Gasteiger partial charge is 0.417 e. The van der Waals surface area contributed by atoms with Crippen LogP contribution in [0.15, 0.2) is 152 Å². The summed E-state index contributed by atoms with van der Waals surface area (Å²) in [6.45, 7) is 2.01. The molecule has 12 heteroatoms. The van der Waals surface area contributed by atoms with Crippen LogP contribution in [0, 0.1) is 6.92 Å². The molecule has 0 radical (unpaired) electrons. The van der Waals surface area contributed by atoms with Crippen molar-refractivity contribution in [2.45, 2.75) is 13.1 Å². The van der Waals surface area contributed by atoms with Gasteiger partial charge in [0.05, 0.1) is 27.6 Å². The van der Waals surface area contributed by atoms with Gasteiger partial charge < -0.3 is 9.47 Å². The van der Waals surface area contributed by atoms with Crippen molar-refractivity contribution in [3.63, 3.8) is 0 Å². The Balaban J connectivity index is 1.06. The lowest BCUT2D eigenvalue weighted by Gasteiger charge is -2.13. The monoisotopic (exact) mass is 755 g/mol. The molecular weight excluding hydrogens is 728 g/mol. The summed E-state index contributed by atoms with van der Waals surface area (Å²) in [5.41, 5.74) is 4.33. The highest BCUT2D eigenvalue weighted by molar-refractivity contribution is 6.10. The predicted octanol–water partition coefficient (Wildman–Crippen LogP) is 11.4. The van der Waals surface area contributed by atoms with E-state index in [0.29, 0.717) is 45.7 Å². The maximum atomic E-state index is 13.4. The number of rotatable bonds is 7. The summed E-state index contributed by atoms with van der Waals surface area (Å²) in [6.07, 6.45) is 1.04. The molecule has 5 aromatic heterocycles. The summed E-state index contributed by atoms with van der Waals surface area (Å²) >= 11 is 0. The molecule has 0 spiro atoms. The molecule has 0 atom stereocenters. The number of hydrogen-bond donors (Lipinski definition) is 0. The SMILES string of the molecule is Cc1ccc(-n2c3ccccc3c3ccc(Oc4cc(Oc5ccc6c7ccccc7n(-c7ccc(C(F)(F)F)cn7)c6c5)cc(-c5ncncn5)c4)cc32)nc1. The summed E-state index contributed by atoms with van der Waals surface area (Å²) in [7, 11) is 0. The van der Waals surface area contributed by atoms with Crippen molar-refractivity contribution in [2.75, 3.05) is 0 Å². The number of nitrogens with zero attached hydrogens (tertiary/aromatic N) is 7. The van der Waals surface area contributed by atoms with Crippen LogP contribution in [0.5, 0.6) is 23.0 Å². The minimum absolute atomic E-state index is 0.341. The third-order valence-corrected chi connectivity index (χ3v) is 9.82. The van der Waals surface area contributed by atoms with Gasteiger partial charge in [0.15, 0.2) is 5.82 Å². The van der Waals surface area contributed by atoms with Crippen LogP contribution < -0.4 is 9.47 Å². The zero-order chi connectivity index (χ0) is 38.7. The number of ether oxygens (including phenoxy) is 2. The third kappa shape index (κ3) is 6.13. The average molecular weight is 756 g/mol. The molecule has 0 saturated heterocycles. The van der Waals surface area contributed by atoms with Crippen LogP contribution in [0.2, 0.25) is 0 Å². The molecule has 0 aliphatic heterocycles. The number of alkyl halides is 3. The van der Waals surface area contributed by atoms with Gasteiger partial charge in [-0.05, 0) is 79.2 Å². The molecule has 276 valence electrons. The summed E-state index contributed by atoms with van der Waals surface area (Å²) in [5.74, 6) is 3.54. The van der Waals surface area contributed by atoms with E-state index in [-0.39, 0.29) is 0 Å². The van der Waals surface area contributed by atoms with Crippen molar-refractivity contribution >= 4 is 43.6 Å². The fourth-order valence-electron chi connectivity index (χ4n) is 7.28. The number of aryl methyl sites for hydroxylation is 1. The number of aromatic nitrogens is 7. The van der Waals surface area contributed by atoms with Gasteiger partial charge in [0.1, 0.15) is 47.3 Å². The highest BCUT2D eigenvalue weighted by Crippen LogP contribution is 2.39. The van der Waals surface area contributed by atoms with Crippen molar-refractivity contribution in [1.82, 2.24) is 34.1 Å². The Morgan fingerprint density at radius 1 is 0.491 bits per heavy atom. The Bertz CT molecular complexity index is 3120. The van der Waals surface area contributed by atoms with E-state index >= 15 is 0 Å². The molecule has 10 aromatic rings. The Labute approximate surface area is 322 Å². The highest BCUT2D eigenvalue weighted by Gasteiger charge is 2.31. The van der Waals surface area contributed by atoms with E-state index in [1.54, 1.807) is 6.07 Å². The number of para-hydroxylation sites is 2. The van der Waals surface area contributed by atoms with Gasteiger partial charge in [-0.1, -0.05) is 42.5 Å². The largest absolute Gasteiger partial charge is 0.457 e. The molecular formula is C45H28F3N7O2. The average Bonchev–Trinajstić information content (AvgIpc) is 3.73. The first-order valence-corrected chi connectivity index (χ1v) is 17.9. The molecule has 0 unspecified atom stereocenters. The minimum atomic E-state index is -4.50. The standard InChI is InChI=1S/C45H28F3N7O2/c1-27-10-16-42(50-23-27)54-38-8-4-2-6-34(38)36-14-12-30(21-40(36)54)56-32-18-28(44-52-25-49-26-53-44)19-33(20-32)57-31-13-15-37-35-7-3-5-9-39(35)55(41(37)22-31)43-17-11-29(24-51-43)45(46,47)48/h2-26H,1H3. The number of halogens is 3. The van der Waals surface area contributed by atoms with Crippen LogP contribution in [0.1, 0.15) is 11.1 Å². The first kappa shape index (κ1) is 33.9. The summed E-state index contributed by atoms with van der Waals surface area (Å²) in [4.78, 5) is 21.7. The molecule has 0 saturated carbocycles. The van der Waals surface area contributed by atoms with Crippen LogP contribution in [-0.4, -0.2) is 34.1 Å². The van der Waals surface area contributed by atoms with Crippen molar-refractivity contribution in [3.8, 4) is 46.0 Å². The molecule has 0 aliphatic rings. The maximum Gasteiger partial charge on any atom is 0.417 e. The first-order valence-electron chi connectivity index (χ1n) is 17.9. The van der Waals surface area contributed by atoms with E-state index in [9.17, 15) is 13.2 Å². The van der Waals surface area contributed by atoms with E-state index < -0.39 is 11.7 Å². The topological polar surface area (TPSA) is 92.8 Å². The second kappa shape index (κ2) is 13.3. The number of pyridine rings is 2. The van der Waals surface area contributed by atoms with Gasteiger partial charge in [-0.2, -0.15) is 13.2 Å². The number of hydrogen-bond acceptors (Lipinski definition) is 7. The van der Waals surface area contributed by atoms with Gasteiger partial charge in [-0.15, -0.1) is 0 Å². The lowest BCUT2D eigenvalue weighted by atomic mass is 10.1. The van der Waals surface area contributed by atoms with Crippen molar-refractivity contribution in [2.24, 2.45) is 0 Å². The molecule has 0 aliphatic carbocycles. The van der Waals surface area contributed by atoms with Gasteiger partial charge in [0, 0.05) is 57.7 Å². The fraction of sp³-hybridized carbons (Fsp3) is 0.0444. The zero-order valence-corrected chi connectivity index (χ0v) is 30.0. The van der Waals surface area contributed by atoms with E-state index in [0.717, 1.165) is 61.7 Å². The van der Waals surface area contributed by atoms with Crippen LogP contribution in [0.4, 0.5) is 13.2 Å². The lowest BCUT2D eigenvalue weighted by molar-refractivity contribution is -0.137. The summed E-state index contributed by atoms with van der Waals surface area (Å²) < 4.78 is 57.3. The van der Waals surface area contributed by atoms with E-state index in [4.69, 9.17) is 14.5 Å². The second-order valence-corrected chi connectivity index (χ2v) is 13.5. The van der Waals surface area contributed by atoms with Gasteiger partial charge in [0.25, 0.3) is 0 Å². The van der Waals surface area contributed by atoms with Gasteiger partial charge in [-0.3, -0.25) is 9.13 Å². The van der Waals surface area contributed by atoms with Crippen molar-refractivity contribution in [3.05, 3.63) is 164 Å². The Morgan fingerprint density at radius 2 is 1.02 bits per heavy atom. The molecule has 57 heavy (non-hydrogen) atoms. The zero-order valence-electron chi connectivity index (χ0n) is 30.0. The molecule has 10 rings (SSSR count). The lowest BCUT2D eigenvalue weighted by Crippen LogP contribution is -2.06. The van der Waals surface area contributed by atoms with Crippen LogP contribution >= 0.6 is 0 Å². The van der Waals surface area contributed by atoms with Crippen LogP contribution in [-0.2, 0) is 6.18 Å². The molecule has 5 heterocycles. The Hall–Kier alpha value is -7.60. The molecule has 0 N–H and O–H groups in total. The van der Waals surface area contributed by atoms with Crippen molar-refractivity contribution in [1.29, 1.82) is 0 Å². The number of fused-ring (bicyclic) bond motifs is 6. The highest BCUT2D eigenvalue weighted by atomic mass is 19.4. The van der Waals surface area contributed by atoms with Crippen LogP contribution in [0.3, 0.4) is 0 Å². The normalized spacial score (nSPS) is 11.9. The molecule has 0 amide bonds. The Morgan fingerprint density at radius 3 is 1.53 bits per heavy atom. The summed E-state index contributed by atoms with van der Waals surface area (Å²) in [5, 5.41) is 3.96. The molecule has 0 bridgehead atoms. The maximum absolute atomic E-state index is 13.4. The third-order valence-electron chi connectivity index (χ3n) is 9.82. The predicted molar refractivity (Wildman–Crippen MR) is 212 cm³/mol. The summed E-state index contributed by atoms with van der Waals surface area (Å²) in [6, 6.07) is 39.4. The van der Waals surface area contributed by atoms with Gasteiger partial charge in [0.2, 0.25) is 0 Å². The molecule has 0 fully saturated rings. The number of benzene rings is 5. The fourth-order valence-corrected chi connectivity index (χ4v) is 7.28. The molecule has 9 nitrogen and oxygen atoms in total. The van der Waals surface area contributed by atoms with E-state index in [2.05, 4.69) is 36.6 Å². The molecule has 5 aromatic carbocycles. The van der Waals surface area contributed by atoms with Gasteiger partial charge in [-0.25, -0.2) is 24.9 Å². The minimum Gasteiger partial charge on any atom is -0.457 e.